The van der Waals surface area contributed by atoms with Crippen LogP contribution < -0.4 is 5.32 Å². The summed E-state index contributed by atoms with van der Waals surface area (Å²) in [6.07, 6.45) is 3.70. The summed E-state index contributed by atoms with van der Waals surface area (Å²) in [5, 5.41) is 11.2. The molecule has 0 saturated heterocycles. The number of nitrogens with one attached hydrogen (secondary N) is 1. The second kappa shape index (κ2) is 7.68. The molecule has 122 valence electrons. The molecule has 0 unspecified atom stereocenters. The Morgan fingerprint density at radius 3 is 2.39 bits per heavy atom. The first-order valence-electron chi connectivity index (χ1n) is 7.42. The van der Waals surface area contributed by atoms with Gasteiger partial charge in [-0.25, -0.2) is 8.78 Å². The smallest absolute Gasteiger partial charge is 0.251 e. The monoisotopic (exact) mass is 321 g/mol. The van der Waals surface area contributed by atoms with Crippen LogP contribution in [0.3, 0.4) is 0 Å². The van der Waals surface area contributed by atoms with E-state index in [1.165, 1.54) is 4.90 Å². The molecule has 1 aromatic carbocycles. The van der Waals surface area contributed by atoms with E-state index in [-0.39, 0.29) is 30.6 Å². The number of halogens is 2. The van der Waals surface area contributed by atoms with Crippen molar-refractivity contribution in [3.63, 3.8) is 0 Å². The van der Waals surface area contributed by atoms with Crippen molar-refractivity contribution in [1.82, 2.24) is 10.2 Å². The molecule has 2 amide bonds. The Morgan fingerprint density at radius 1 is 1.22 bits per heavy atom. The SMILES string of the molecule is N#CCN(C(=O)CNC(=O)c1cc(F)cc(F)c1)C1CCCC1. The highest BCUT2D eigenvalue weighted by atomic mass is 19.1. The standard InChI is InChI=1S/C16H17F2N3O2/c17-12-7-11(8-13(18)9-12)16(23)20-10-15(22)21(6-5-19)14-3-1-2-4-14/h7-9,14H,1-4,6,10H2,(H,20,23). The van der Waals surface area contributed by atoms with Gasteiger partial charge in [0.25, 0.3) is 5.91 Å². The molecule has 1 fully saturated rings. The molecule has 1 aliphatic rings. The van der Waals surface area contributed by atoms with E-state index in [2.05, 4.69) is 5.32 Å². The Kier molecular flexibility index (Phi) is 5.63. The van der Waals surface area contributed by atoms with Crippen LogP contribution in [0, 0.1) is 23.0 Å². The van der Waals surface area contributed by atoms with Crippen molar-refractivity contribution >= 4 is 11.8 Å². The first-order chi connectivity index (χ1) is 11.0. The van der Waals surface area contributed by atoms with Gasteiger partial charge in [-0.15, -0.1) is 0 Å². The molecule has 7 heteroatoms. The highest BCUT2D eigenvalue weighted by molar-refractivity contribution is 5.96. The molecule has 5 nitrogen and oxygen atoms in total. The van der Waals surface area contributed by atoms with Gasteiger partial charge in [0.1, 0.15) is 18.2 Å². The summed E-state index contributed by atoms with van der Waals surface area (Å²) < 4.78 is 26.2. The molecule has 1 N–H and O–H groups in total. The lowest BCUT2D eigenvalue weighted by Gasteiger charge is -2.26. The Morgan fingerprint density at radius 2 is 1.83 bits per heavy atom. The summed E-state index contributed by atoms with van der Waals surface area (Å²) in [6.45, 7) is -0.344. The average molecular weight is 321 g/mol. The Bertz CT molecular complexity index is 616. The first-order valence-corrected chi connectivity index (χ1v) is 7.42. The molecular weight excluding hydrogens is 304 g/mol. The lowest BCUT2D eigenvalue weighted by molar-refractivity contribution is -0.131. The Labute approximate surface area is 132 Å². The van der Waals surface area contributed by atoms with E-state index in [0.717, 1.165) is 37.8 Å². The zero-order chi connectivity index (χ0) is 16.8. The number of nitrogens with zero attached hydrogens (tertiary/aromatic N) is 2. The average Bonchev–Trinajstić information content (AvgIpc) is 3.03. The number of benzene rings is 1. The molecule has 0 bridgehead atoms. The van der Waals surface area contributed by atoms with E-state index in [4.69, 9.17) is 5.26 Å². The van der Waals surface area contributed by atoms with Crippen LogP contribution in [0.25, 0.3) is 0 Å². The first kappa shape index (κ1) is 16.9. The number of hydrogen-bond acceptors (Lipinski definition) is 3. The van der Waals surface area contributed by atoms with Gasteiger partial charge in [0.05, 0.1) is 12.6 Å². The number of carbonyl (C=O) groups is 2. The quantitative estimate of drug-likeness (QED) is 0.843. The van der Waals surface area contributed by atoms with Crippen LogP contribution in [-0.2, 0) is 4.79 Å². The zero-order valence-electron chi connectivity index (χ0n) is 12.5. The minimum atomic E-state index is -0.862. The fraction of sp³-hybridized carbons (Fsp3) is 0.438. The fourth-order valence-corrected chi connectivity index (χ4v) is 2.76. The molecule has 1 aromatic rings. The molecule has 0 radical (unpaired) electrons. The number of carbonyl (C=O) groups excluding carboxylic acids is 2. The van der Waals surface area contributed by atoms with Gasteiger partial charge in [0.15, 0.2) is 0 Å². The van der Waals surface area contributed by atoms with Crippen molar-refractivity contribution in [3.05, 3.63) is 35.4 Å². The van der Waals surface area contributed by atoms with Gasteiger partial charge in [-0.1, -0.05) is 12.8 Å². The van der Waals surface area contributed by atoms with Crippen LogP contribution in [-0.4, -0.2) is 35.8 Å². The number of rotatable bonds is 5. The van der Waals surface area contributed by atoms with E-state index in [1.807, 2.05) is 6.07 Å². The maximum Gasteiger partial charge on any atom is 0.251 e. The van der Waals surface area contributed by atoms with Gasteiger partial charge >= 0.3 is 0 Å². The van der Waals surface area contributed by atoms with Gasteiger partial charge in [-0.3, -0.25) is 9.59 Å². The molecule has 1 saturated carbocycles. The molecule has 0 aliphatic heterocycles. The molecular formula is C16H17F2N3O2. The van der Waals surface area contributed by atoms with Crippen molar-refractivity contribution in [1.29, 1.82) is 5.26 Å². The van der Waals surface area contributed by atoms with Gasteiger partial charge in [0, 0.05) is 17.7 Å². The highest BCUT2D eigenvalue weighted by Gasteiger charge is 2.26. The molecule has 0 aromatic heterocycles. The normalized spacial score (nSPS) is 14.3. The molecule has 0 heterocycles. The zero-order valence-corrected chi connectivity index (χ0v) is 12.5. The van der Waals surface area contributed by atoms with Gasteiger partial charge < -0.3 is 10.2 Å². The summed E-state index contributed by atoms with van der Waals surface area (Å²) >= 11 is 0. The highest BCUT2D eigenvalue weighted by Crippen LogP contribution is 2.23. The largest absolute Gasteiger partial charge is 0.343 e. The Balaban J connectivity index is 1.96. The summed E-state index contributed by atoms with van der Waals surface area (Å²) in [6, 6.07) is 4.43. The molecule has 23 heavy (non-hydrogen) atoms. The van der Waals surface area contributed by atoms with Crippen molar-refractivity contribution in [3.8, 4) is 6.07 Å². The van der Waals surface area contributed by atoms with Gasteiger partial charge in [-0.2, -0.15) is 5.26 Å². The third-order valence-corrected chi connectivity index (χ3v) is 3.85. The summed E-state index contributed by atoms with van der Waals surface area (Å²) in [5.74, 6) is -2.83. The van der Waals surface area contributed by atoms with Crippen molar-refractivity contribution in [2.24, 2.45) is 0 Å². The number of nitriles is 1. The van der Waals surface area contributed by atoms with Crippen LogP contribution in [0.15, 0.2) is 18.2 Å². The molecule has 0 spiro atoms. The molecule has 0 atom stereocenters. The summed E-state index contributed by atoms with van der Waals surface area (Å²) in [7, 11) is 0. The van der Waals surface area contributed by atoms with Crippen molar-refractivity contribution in [2.75, 3.05) is 13.1 Å². The number of hydrogen-bond donors (Lipinski definition) is 1. The predicted octanol–water partition coefficient (Wildman–Crippen LogP) is 1.99. The Hall–Kier alpha value is -2.49. The lowest BCUT2D eigenvalue weighted by atomic mass is 10.2. The van der Waals surface area contributed by atoms with E-state index < -0.39 is 17.5 Å². The van der Waals surface area contributed by atoms with E-state index >= 15 is 0 Å². The third kappa shape index (κ3) is 4.49. The predicted molar refractivity (Wildman–Crippen MR) is 78.3 cm³/mol. The van der Waals surface area contributed by atoms with Gasteiger partial charge in [0.2, 0.25) is 5.91 Å². The molecule has 1 aliphatic carbocycles. The van der Waals surface area contributed by atoms with Crippen molar-refractivity contribution < 1.29 is 18.4 Å². The number of amides is 2. The summed E-state index contributed by atoms with van der Waals surface area (Å²) in [4.78, 5) is 25.5. The van der Waals surface area contributed by atoms with Crippen LogP contribution in [0.4, 0.5) is 8.78 Å². The molecule has 2 rings (SSSR count). The van der Waals surface area contributed by atoms with Gasteiger partial charge in [-0.05, 0) is 25.0 Å². The third-order valence-electron chi connectivity index (χ3n) is 3.85. The van der Waals surface area contributed by atoms with Crippen LogP contribution in [0.1, 0.15) is 36.0 Å². The van der Waals surface area contributed by atoms with Crippen LogP contribution in [0.2, 0.25) is 0 Å². The topological polar surface area (TPSA) is 73.2 Å². The lowest BCUT2D eigenvalue weighted by Crippen LogP contribution is -2.45. The van der Waals surface area contributed by atoms with E-state index in [0.29, 0.717) is 6.07 Å². The van der Waals surface area contributed by atoms with E-state index in [9.17, 15) is 18.4 Å². The maximum absolute atomic E-state index is 13.1. The second-order valence-corrected chi connectivity index (χ2v) is 5.46. The maximum atomic E-state index is 13.1. The van der Waals surface area contributed by atoms with Crippen LogP contribution >= 0.6 is 0 Å². The van der Waals surface area contributed by atoms with Crippen molar-refractivity contribution in [2.45, 2.75) is 31.7 Å². The second-order valence-electron chi connectivity index (χ2n) is 5.46. The minimum Gasteiger partial charge on any atom is -0.343 e. The summed E-state index contributed by atoms with van der Waals surface area (Å²) in [5.41, 5.74) is -0.192. The fourth-order valence-electron chi connectivity index (χ4n) is 2.76. The van der Waals surface area contributed by atoms with E-state index in [1.54, 1.807) is 0 Å². The van der Waals surface area contributed by atoms with Crippen LogP contribution in [0.5, 0.6) is 0 Å². The minimum absolute atomic E-state index is 0.0191.